The smallest absolute Gasteiger partial charge is 0.338 e. The van der Waals surface area contributed by atoms with E-state index in [1.165, 1.54) is 0 Å². The van der Waals surface area contributed by atoms with E-state index in [1.54, 1.807) is 13.4 Å². The van der Waals surface area contributed by atoms with Gasteiger partial charge in [-0.2, -0.15) is 0 Å². The average molecular weight is 420 g/mol. The number of carbonyl (C=O) groups excluding carboxylic acids is 1. The van der Waals surface area contributed by atoms with Crippen molar-refractivity contribution in [3.63, 3.8) is 0 Å². The van der Waals surface area contributed by atoms with Crippen molar-refractivity contribution in [1.82, 2.24) is 0 Å². The Morgan fingerprint density at radius 2 is 2.03 bits per heavy atom. The Balaban J connectivity index is 1.41. The second-order valence-electron chi connectivity index (χ2n) is 7.81. The summed E-state index contributed by atoms with van der Waals surface area (Å²) < 4.78 is 28.0. The quantitative estimate of drug-likeness (QED) is 0.417. The number of furan rings is 1. The molecular weight excluding hydrogens is 396 g/mol. The van der Waals surface area contributed by atoms with E-state index in [1.807, 2.05) is 42.5 Å². The van der Waals surface area contributed by atoms with Gasteiger partial charge in [0.2, 0.25) is 0 Å². The van der Waals surface area contributed by atoms with Gasteiger partial charge in [0.1, 0.15) is 24.7 Å². The van der Waals surface area contributed by atoms with E-state index in [0.717, 1.165) is 46.3 Å². The van der Waals surface area contributed by atoms with E-state index in [-0.39, 0.29) is 18.2 Å². The molecule has 2 aliphatic heterocycles. The third-order valence-corrected chi connectivity index (χ3v) is 6.07. The molecule has 3 heterocycles. The summed E-state index contributed by atoms with van der Waals surface area (Å²) in [5.41, 5.74) is 2.07. The predicted molar refractivity (Wildman–Crippen MR) is 115 cm³/mol. The lowest BCUT2D eigenvalue weighted by Gasteiger charge is -2.33. The van der Waals surface area contributed by atoms with E-state index >= 15 is 0 Å². The van der Waals surface area contributed by atoms with Crippen molar-refractivity contribution in [1.29, 1.82) is 0 Å². The van der Waals surface area contributed by atoms with Crippen molar-refractivity contribution >= 4 is 16.7 Å². The van der Waals surface area contributed by atoms with Crippen molar-refractivity contribution in [2.45, 2.75) is 25.0 Å². The van der Waals surface area contributed by atoms with Crippen LogP contribution >= 0.6 is 0 Å². The Labute approximate surface area is 180 Å². The molecule has 1 saturated heterocycles. The monoisotopic (exact) mass is 420 g/mol. The third-order valence-electron chi connectivity index (χ3n) is 6.07. The van der Waals surface area contributed by atoms with Gasteiger partial charge >= 0.3 is 5.97 Å². The number of methoxy groups -OCH3 is 1. The first kappa shape index (κ1) is 19.8. The third kappa shape index (κ3) is 3.73. The fourth-order valence-electron chi connectivity index (χ4n) is 4.33. The summed E-state index contributed by atoms with van der Waals surface area (Å²) in [5.74, 6) is 1.14. The lowest BCUT2D eigenvalue weighted by atomic mass is 9.93. The summed E-state index contributed by atoms with van der Waals surface area (Å²) in [6.07, 6.45) is 7.38. The first-order chi connectivity index (χ1) is 15.2. The Morgan fingerprint density at radius 3 is 2.81 bits per heavy atom. The molecule has 6 nitrogen and oxygen atoms in total. The molecule has 31 heavy (non-hydrogen) atoms. The fourth-order valence-corrected chi connectivity index (χ4v) is 4.33. The first-order valence-electron chi connectivity index (χ1n) is 10.4. The molecular formula is C25H24O6. The molecule has 5 rings (SSSR count). The van der Waals surface area contributed by atoms with Crippen molar-refractivity contribution < 1.29 is 28.2 Å². The van der Waals surface area contributed by atoms with Gasteiger partial charge in [-0.05, 0) is 53.2 Å². The summed E-state index contributed by atoms with van der Waals surface area (Å²) >= 11 is 0. The van der Waals surface area contributed by atoms with Crippen LogP contribution in [0.5, 0.6) is 5.75 Å². The number of esters is 1. The van der Waals surface area contributed by atoms with Crippen LogP contribution in [-0.2, 0) is 20.8 Å². The lowest BCUT2D eigenvalue weighted by molar-refractivity contribution is -0.0588. The Hall–Kier alpha value is -3.09. The molecule has 0 unspecified atom stereocenters. The van der Waals surface area contributed by atoms with Gasteiger partial charge in [0.05, 0.1) is 17.4 Å². The summed E-state index contributed by atoms with van der Waals surface area (Å²) in [7, 11) is 1.74. The summed E-state index contributed by atoms with van der Waals surface area (Å²) in [5, 5.41) is 1.90. The standard InChI is InChI=1S/C25H24O6/c1-27-25(8-12-28-13-9-25)7-3-11-29-18-5-6-19-17(14-18)15-20-21(16-31-24(20)26)23(19)22-4-2-10-30-22/h2-7,10,14-15H,8-9,11-13,16H2,1H3/b7-3+. The number of ether oxygens (including phenoxy) is 4. The van der Waals surface area contributed by atoms with Crippen LogP contribution in [-0.4, -0.2) is 38.5 Å². The van der Waals surface area contributed by atoms with Crippen LogP contribution in [0.4, 0.5) is 0 Å². The minimum Gasteiger partial charge on any atom is -0.490 e. The van der Waals surface area contributed by atoms with Crippen molar-refractivity contribution in [2.75, 3.05) is 26.9 Å². The molecule has 0 aliphatic carbocycles. The predicted octanol–water partition coefficient (Wildman–Crippen LogP) is 4.90. The molecule has 0 atom stereocenters. The lowest BCUT2D eigenvalue weighted by Crippen LogP contribution is -2.36. The molecule has 160 valence electrons. The molecule has 0 bridgehead atoms. The summed E-state index contributed by atoms with van der Waals surface area (Å²) in [4.78, 5) is 12.2. The van der Waals surface area contributed by atoms with Gasteiger partial charge < -0.3 is 23.4 Å². The molecule has 0 N–H and O–H groups in total. The maximum atomic E-state index is 12.2. The van der Waals surface area contributed by atoms with Crippen LogP contribution < -0.4 is 4.74 Å². The molecule has 1 fully saturated rings. The van der Waals surface area contributed by atoms with Crippen LogP contribution in [0.2, 0.25) is 0 Å². The van der Waals surface area contributed by atoms with E-state index in [2.05, 4.69) is 6.08 Å². The number of cyclic esters (lactones) is 1. The minimum atomic E-state index is -0.305. The largest absolute Gasteiger partial charge is 0.490 e. The highest BCUT2D eigenvalue weighted by molar-refractivity contribution is 6.06. The van der Waals surface area contributed by atoms with Gasteiger partial charge in [0.15, 0.2) is 0 Å². The van der Waals surface area contributed by atoms with Crippen LogP contribution in [0, 0.1) is 0 Å². The van der Waals surface area contributed by atoms with Crippen LogP contribution in [0.25, 0.3) is 22.1 Å². The Bertz CT molecular complexity index is 1120. The highest BCUT2D eigenvalue weighted by atomic mass is 16.5. The molecule has 3 aromatic rings. The second kappa shape index (κ2) is 8.21. The van der Waals surface area contributed by atoms with E-state index < -0.39 is 0 Å². The van der Waals surface area contributed by atoms with Crippen LogP contribution in [0.3, 0.4) is 0 Å². The molecule has 0 radical (unpaired) electrons. The average Bonchev–Trinajstić information content (AvgIpc) is 3.46. The van der Waals surface area contributed by atoms with Gasteiger partial charge in [-0.25, -0.2) is 4.79 Å². The molecule has 0 amide bonds. The van der Waals surface area contributed by atoms with E-state index in [4.69, 9.17) is 23.4 Å². The zero-order chi connectivity index (χ0) is 21.3. The van der Waals surface area contributed by atoms with E-state index in [9.17, 15) is 4.79 Å². The fraction of sp³-hybridized carbons (Fsp3) is 0.320. The number of fused-ring (bicyclic) bond motifs is 2. The van der Waals surface area contributed by atoms with Crippen molar-refractivity contribution in [2.24, 2.45) is 0 Å². The number of hydrogen-bond acceptors (Lipinski definition) is 6. The topological polar surface area (TPSA) is 67.1 Å². The highest BCUT2D eigenvalue weighted by Crippen LogP contribution is 2.39. The van der Waals surface area contributed by atoms with Crippen molar-refractivity contribution in [3.05, 3.63) is 65.9 Å². The molecule has 6 heteroatoms. The normalized spacial score (nSPS) is 17.8. The highest BCUT2D eigenvalue weighted by Gasteiger charge is 2.29. The molecule has 2 aliphatic rings. The van der Waals surface area contributed by atoms with Gasteiger partial charge in [0.25, 0.3) is 0 Å². The van der Waals surface area contributed by atoms with Crippen LogP contribution in [0.1, 0.15) is 28.8 Å². The van der Waals surface area contributed by atoms with E-state index in [0.29, 0.717) is 25.4 Å². The Kier molecular flexibility index (Phi) is 5.26. The van der Waals surface area contributed by atoms with Gasteiger partial charge in [-0.3, -0.25) is 0 Å². The van der Waals surface area contributed by atoms with Crippen LogP contribution in [0.15, 0.2) is 59.2 Å². The minimum absolute atomic E-state index is 0.259. The zero-order valence-corrected chi connectivity index (χ0v) is 17.4. The SMILES string of the molecule is COC1(/C=C/COc2ccc3c(-c4ccco4)c4c(cc3c2)C(=O)OC4)CCOCC1. The number of hydrogen-bond donors (Lipinski definition) is 0. The number of rotatable bonds is 6. The second-order valence-corrected chi connectivity index (χ2v) is 7.81. The molecule has 1 aromatic heterocycles. The molecule has 0 saturated carbocycles. The first-order valence-corrected chi connectivity index (χ1v) is 10.4. The number of benzene rings is 2. The van der Waals surface area contributed by atoms with Gasteiger partial charge in [0, 0.05) is 44.3 Å². The summed E-state index contributed by atoms with van der Waals surface area (Å²) in [6, 6.07) is 11.5. The maximum absolute atomic E-state index is 12.2. The van der Waals surface area contributed by atoms with Crippen molar-refractivity contribution in [3.8, 4) is 17.1 Å². The van der Waals surface area contributed by atoms with Gasteiger partial charge in [-0.1, -0.05) is 6.08 Å². The molecule has 0 spiro atoms. The Morgan fingerprint density at radius 1 is 1.16 bits per heavy atom. The zero-order valence-electron chi connectivity index (χ0n) is 17.4. The number of carbonyl (C=O) groups is 1. The molecule has 2 aromatic carbocycles. The van der Waals surface area contributed by atoms with Gasteiger partial charge in [-0.15, -0.1) is 0 Å². The summed E-state index contributed by atoms with van der Waals surface area (Å²) in [6.45, 7) is 2.09. The maximum Gasteiger partial charge on any atom is 0.338 e.